The Hall–Kier alpha value is -0.880. The van der Waals surface area contributed by atoms with Gasteiger partial charge in [0.15, 0.2) is 5.69 Å². The van der Waals surface area contributed by atoms with Crippen LogP contribution in [0.1, 0.15) is 62.1 Å². The minimum absolute atomic E-state index is 0.0125. The maximum Gasteiger partial charge on any atom is 0.273 e. The molecule has 0 bridgehead atoms. The molecule has 1 aromatic rings. The maximum absolute atomic E-state index is 12.2. The molecule has 5 nitrogen and oxygen atoms in total. The van der Waals surface area contributed by atoms with Crippen molar-refractivity contribution in [2.45, 2.75) is 52.0 Å². The molecule has 0 spiro atoms. The third-order valence-electron chi connectivity index (χ3n) is 3.05. The lowest BCUT2D eigenvalue weighted by Crippen LogP contribution is -2.40. The highest BCUT2D eigenvalue weighted by Crippen LogP contribution is 2.25. The van der Waals surface area contributed by atoms with E-state index in [0.717, 1.165) is 29.4 Å². The van der Waals surface area contributed by atoms with Gasteiger partial charge in [-0.1, -0.05) is 33.6 Å². The topological polar surface area (TPSA) is 83.8 Å². The van der Waals surface area contributed by atoms with Gasteiger partial charge < -0.3 is 11.1 Å². The Morgan fingerprint density at radius 3 is 2.68 bits per heavy atom. The SMILES string of the molecule is CCCCC(CN)NC(=O)c1n[nH]c(C(C)C)c1Br. The first kappa shape index (κ1) is 16.2. The van der Waals surface area contributed by atoms with Crippen LogP contribution in [-0.4, -0.2) is 28.7 Å². The van der Waals surface area contributed by atoms with Crippen LogP contribution in [-0.2, 0) is 0 Å². The fourth-order valence-corrected chi connectivity index (χ4v) is 2.64. The molecule has 1 rings (SSSR count). The van der Waals surface area contributed by atoms with Crippen molar-refractivity contribution in [1.82, 2.24) is 15.5 Å². The summed E-state index contributed by atoms with van der Waals surface area (Å²) in [5.74, 6) is 0.107. The van der Waals surface area contributed by atoms with Gasteiger partial charge in [-0.2, -0.15) is 5.10 Å². The van der Waals surface area contributed by atoms with Gasteiger partial charge in [-0.25, -0.2) is 0 Å². The molecular weight excluding hydrogens is 308 g/mol. The molecule has 0 aliphatic rings. The number of nitrogens with one attached hydrogen (secondary N) is 2. The highest BCUT2D eigenvalue weighted by atomic mass is 79.9. The smallest absolute Gasteiger partial charge is 0.273 e. The van der Waals surface area contributed by atoms with E-state index in [2.05, 4.69) is 38.4 Å². The maximum atomic E-state index is 12.2. The molecule has 1 unspecified atom stereocenters. The lowest BCUT2D eigenvalue weighted by Gasteiger charge is -2.15. The van der Waals surface area contributed by atoms with Crippen molar-refractivity contribution >= 4 is 21.8 Å². The number of amides is 1. The zero-order valence-electron chi connectivity index (χ0n) is 11.8. The summed E-state index contributed by atoms with van der Waals surface area (Å²) in [5.41, 5.74) is 7.01. The Bertz CT molecular complexity index is 417. The van der Waals surface area contributed by atoms with Crippen LogP contribution in [0.2, 0.25) is 0 Å². The number of hydrogen-bond donors (Lipinski definition) is 3. The summed E-state index contributed by atoms with van der Waals surface area (Å²) in [4.78, 5) is 12.2. The fraction of sp³-hybridized carbons (Fsp3) is 0.692. The number of nitrogens with zero attached hydrogens (tertiary/aromatic N) is 1. The average Bonchev–Trinajstić information content (AvgIpc) is 2.76. The first-order valence-corrected chi connectivity index (χ1v) is 7.55. The number of aromatic nitrogens is 2. The Kier molecular flexibility index (Phi) is 6.51. The third kappa shape index (κ3) is 4.31. The minimum atomic E-state index is -0.179. The molecule has 0 saturated carbocycles. The summed E-state index contributed by atoms with van der Waals surface area (Å²) in [6, 6.07) is 0.0125. The van der Waals surface area contributed by atoms with Gasteiger partial charge in [0.1, 0.15) is 0 Å². The predicted molar refractivity (Wildman–Crippen MR) is 80.2 cm³/mol. The first-order chi connectivity index (χ1) is 9.01. The van der Waals surface area contributed by atoms with Crippen LogP contribution in [0.5, 0.6) is 0 Å². The van der Waals surface area contributed by atoms with E-state index in [1.165, 1.54) is 0 Å². The van der Waals surface area contributed by atoms with Gasteiger partial charge in [0.05, 0.1) is 10.2 Å². The molecule has 0 aromatic carbocycles. The molecule has 0 fully saturated rings. The van der Waals surface area contributed by atoms with Gasteiger partial charge in [0.2, 0.25) is 0 Å². The van der Waals surface area contributed by atoms with Crippen LogP contribution in [0.15, 0.2) is 4.47 Å². The van der Waals surface area contributed by atoms with E-state index < -0.39 is 0 Å². The average molecular weight is 331 g/mol. The molecule has 0 aliphatic carbocycles. The largest absolute Gasteiger partial charge is 0.347 e. The quantitative estimate of drug-likeness (QED) is 0.718. The Balaban J connectivity index is 2.72. The standard InChI is InChI=1S/C13H23BrN4O/c1-4-5-6-9(7-15)16-13(19)12-10(14)11(8(2)3)17-18-12/h8-9H,4-7,15H2,1-3H3,(H,16,19)(H,17,18). The molecule has 6 heteroatoms. The van der Waals surface area contributed by atoms with E-state index in [9.17, 15) is 4.79 Å². The molecule has 1 amide bonds. The van der Waals surface area contributed by atoms with E-state index in [4.69, 9.17) is 5.73 Å². The van der Waals surface area contributed by atoms with E-state index >= 15 is 0 Å². The second-order valence-corrected chi connectivity index (χ2v) is 5.80. The van der Waals surface area contributed by atoms with Gasteiger partial charge in [0, 0.05) is 12.6 Å². The number of nitrogens with two attached hydrogens (primary N) is 1. The zero-order chi connectivity index (χ0) is 14.4. The molecule has 4 N–H and O–H groups in total. The molecule has 0 saturated heterocycles. The third-order valence-corrected chi connectivity index (χ3v) is 3.85. The lowest BCUT2D eigenvalue weighted by molar-refractivity contribution is 0.0930. The van der Waals surface area contributed by atoms with Gasteiger partial charge in [-0.05, 0) is 28.3 Å². The van der Waals surface area contributed by atoms with Crippen LogP contribution in [0, 0.1) is 0 Å². The van der Waals surface area contributed by atoms with Gasteiger partial charge >= 0.3 is 0 Å². The van der Waals surface area contributed by atoms with E-state index in [0.29, 0.717) is 12.2 Å². The molecule has 1 heterocycles. The van der Waals surface area contributed by atoms with E-state index in [1.54, 1.807) is 0 Å². The number of carbonyl (C=O) groups excluding carboxylic acids is 1. The monoisotopic (exact) mass is 330 g/mol. The molecule has 1 atom stereocenters. The number of aromatic amines is 1. The second kappa shape index (κ2) is 7.65. The summed E-state index contributed by atoms with van der Waals surface area (Å²) in [6.45, 7) is 6.66. The first-order valence-electron chi connectivity index (χ1n) is 6.75. The second-order valence-electron chi connectivity index (χ2n) is 5.00. The molecule has 0 radical (unpaired) electrons. The van der Waals surface area contributed by atoms with E-state index in [-0.39, 0.29) is 17.9 Å². The summed E-state index contributed by atoms with van der Waals surface area (Å²) < 4.78 is 0.742. The van der Waals surface area contributed by atoms with Crippen molar-refractivity contribution in [1.29, 1.82) is 0 Å². The van der Waals surface area contributed by atoms with Crippen molar-refractivity contribution in [3.8, 4) is 0 Å². The molecule has 108 valence electrons. The number of halogens is 1. The van der Waals surface area contributed by atoms with Crippen molar-refractivity contribution in [2.24, 2.45) is 5.73 Å². The van der Waals surface area contributed by atoms with Crippen LogP contribution in [0.4, 0.5) is 0 Å². The zero-order valence-corrected chi connectivity index (χ0v) is 13.4. The number of H-pyrrole nitrogens is 1. The van der Waals surface area contributed by atoms with Crippen molar-refractivity contribution in [2.75, 3.05) is 6.54 Å². The van der Waals surface area contributed by atoms with Gasteiger partial charge in [0.25, 0.3) is 5.91 Å². The Morgan fingerprint density at radius 1 is 1.53 bits per heavy atom. The Morgan fingerprint density at radius 2 is 2.21 bits per heavy atom. The molecule has 19 heavy (non-hydrogen) atoms. The van der Waals surface area contributed by atoms with Crippen molar-refractivity contribution < 1.29 is 4.79 Å². The molecular formula is C13H23BrN4O. The summed E-state index contributed by atoms with van der Waals surface area (Å²) in [7, 11) is 0. The number of hydrogen-bond acceptors (Lipinski definition) is 3. The lowest BCUT2D eigenvalue weighted by atomic mass is 10.1. The van der Waals surface area contributed by atoms with Crippen LogP contribution in [0.3, 0.4) is 0 Å². The molecule has 0 aliphatic heterocycles. The van der Waals surface area contributed by atoms with Crippen LogP contribution in [0.25, 0.3) is 0 Å². The van der Waals surface area contributed by atoms with Crippen LogP contribution >= 0.6 is 15.9 Å². The summed E-state index contributed by atoms with van der Waals surface area (Å²) in [6.07, 6.45) is 3.05. The van der Waals surface area contributed by atoms with Gasteiger partial charge in [-0.15, -0.1) is 0 Å². The number of rotatable bonds is 7. The minimum Gasteiger partial charge on any atom is -0.347 e. The van der Waals surface area contributed by atoms with Crippen LogP contribution < -0.4 is 11.1 Å². The van der Waals surface area contributed by atoms with Crippen molar-refractivity contribution in [3.05, 3.63) is 15.9 Å². The van der Waals surface area contributed by atoms with E-state index in [1.807, 2.05) is 13.8 Å². The van der Waals surface area contributed by atoms with Gasteiger partial charge in [-0.3, -0.25) is 9.89 Å². The predicted octanol–water partition coefficient (Wildman–Crippen LogP) is 2.54. The number of carbonyl (C=O) groups is 1. The van der Waals surface area contributed by atoms with Crippen molar-refractivity contribution in [3.63, 3.8) is 0 Å². The number of unbranched alkanes of at least 4 members (excludes halogenated alkanes) is 1. The highest BCUT2D eigenvalue weighted by Gasteiger charge is 2.21. The summed E-state index contributed by atoms with van der Waals surface area (Å²) in [5, 5.41) is 9.91. The molecule has 1 aromatic heterocycles. The summed E-state index contributed by atoms with van der Waals surface area (Å²) >= 11 is 3.43. The Labute approximate surface area is 122 Å². The highest BCUT2D eigenvalue weighted by molar-refractivity contribution is 9.10. The normalized spacial score (nSPS) is 12.7. The fourth-order valence-electron chi connectivity index (χ4n) is 1.83.